The summed E-state index contributed by atoms with van der Waals surface area (Å²) in [5.41, 5.74) is 2.33. The van der Waals surface area contributed by atoms with Crippen LogP contribution in [0.1, 0.15) is 44.7 Å². The minimum atomic E-state index is -0.446. The number of allylic oxidation sites excluding steroid dienone is 2. The number of Topliss-reactive ketones (excluding diaryl/α,β-unsaturated/α-hetero) is 1. The number of nitro benzene ring substituents is 1. The first kappa shape index (κ1) is 21.0. The summed E-state index contributed by atoms with van der Waals surface area (Å²) < 4.78 is 6.58. The van der Waals surface area contributed by atoms with Crippen LogP contribution in [0.2, 0.25) is 0 Å². The average molecular weight is 439 g/mol. The van der Waals surface area contributed by atoms with Gasteiger partial charge < -0.3 is 9.84 Å². The van der Waals surface area contributed by atoms with E-state index < -0.39 is 4.92 Å². The van der Waals surface area contributed by atoms with Crippen molar-refractivity contribution < 1.29 is 19.6 Å². The van der Waals surface area contributed by atoms with E-state index in [4.69, 9.17) is 4.74 Å². The molecule has 160 valence electrons. The number of thiazole rings is 1. The molecule has 0 amide bonds. The number of ether oxygens (including phenoxy) is 1. The van der Waals surface area contributed by atoms with Crippen molar-refractivity contribution in [3.05, 3.63) is 63.4 Å². The van der Waals surface area contributed by atoms with E-state index in [2.05, 4.69) is 4.98 Å². The van der Waals surface area contributed by atoms with Gasteiger partial charge in [-0.05, 0) is 41.2 Å². The van der Waals surface area contributed by atoms with Gasteiger partial charge in [-0.2, -0.15) is 0 Å². The van der Waals surface area contributed by atoms with E-state index in [9.17, 15) is 20.0 Å². The fourth-order valence-corrected chi connectivity index (χ4v) is 4.77. The monoisotopic (exact) mass is 438 g/mol. The second kappa shape index (κ2) is 7.77. The molecule has 0 aliphatic heterocycles. The third kappa shape index (κ3) is 4.16. The predicted molar refractivity (Wildman–Crippen MR) is 120 cm³/mol. The van der Waals surface area contributed by atoms with Crippen molar-refractivity contribution in [2.45, 2.75) is 40.0 Å². The molecule has 1 aromatic heterocycles. The summed E-state index contributed by atoms with van der Waals surface area (Å²) in [5, 5.41) is 22.0. The molecule has 0 bridgehead atoms. The van der Waals surface area contributed by atoms with Gasteiger partial charge in [0.15, 0.2) is 5.78 Å². The largest absolute Gasteiger partial charge is 0.512 e. The van der Waals surface area contributed by atoms with Gasteiger partial charge in [-0.25, -0.2) is 4.98 Å². The van der Waals surface area contributed by atoms with Crippen LogP contribution >= 0.6 is 11.3 Å². The fourth-order valence-electron chi connectivity index (χ4n) is 3.90. The Morgan fingerprint density at radius 2 is 2.00 bits per heavy atom. The molecular formula is C23H22N2O5S. The van der Waals surface area contributed by atoms with E-state index in [0.717, 1.165) is 5.56 Å². The van der Waals surface area contributed by atoms with Crippen LogP contribution in [-0.4, -0.2) is 20.8 Å². The number of carbonyl (C=O) groups is 1. The van der Waals surface area contributed by atoms with Crippen molar-refractivity contribution in [2.24, 2.45) is 5.41 Å². The van der Waals surface area contributed by atoms with Crippen LogP contribution < -0.4 is 4.74 Å². The van der Waals surface area contributed by atoms with Crippen molar-refractivity contribution in [3.63, 3.8) is 0 Å². The maximum absolute atomic E-state index is 12.8. The highest BCUT2D eigenvalue weighted by Gasteiger charge is 2.34. The predicted octanol–water partition coefficient (Wildman–Crippen LogP) is 6.22. The molecule has 0 saturated carbocycles. The van der Waals surface area contributed by atoms with E-state index in [1.165, 1.54) is 23.5 Å². The Morgan fingerprint density at radius 1 is 1.23 bits per heavy atom. The maximum Gasteiger partial charge on any atom is 0.279 e. The number of hydrogen-bond donors (Lipinski definition) is 1. The highest BCUT2D eigenvalue weighted by atomic mass is 32.1. The Morgan fingerprint density at radius 3 is 2.68 bits per heavy atom. The Kier molecular flexibility index (Phi) is 5.26. The molecule has 3 aromatic rings. The SMILES string of the molecule is CCc1ccc(Oc2nc3ccc([N+](=O)[O-])cc3s2)cc1C1=C(O)CC(C)(C)CC1=O. The van der Waals surface area contributed by atoms with Crippen LogP contribution in [0, 0.1) is 15.5 Å². The topological polar surface area (TPSA) is 103 Å². The van der Waals surface area contributed by atoms with Gasteiger partial charge in [0.2, 0.25) is 0 Å². The zero-order valence-electron chi connectivity index (χ0n) is 17.5. The van der Waals surface area contributed by atoms with Crippen molar-refractivity contribution in [1.82, 2.24) is 4.98 Å². The number of ketones is 1. The number of benzene rings is 2. The van der Waals surface area contributed by atoms with E-state index in [1.54, 1.807) is 18.2 Å². The molecule has 2 aromatic carbocycles. The molecule has 1 aliphatic carbocycles. The molecule has 0 atom stereocenters. The number of rotatable bonds is 5. The summed E-state index contributed by atoms with van der Waals surface area (Å²) in [5.74, 6) is 0.520. The molecule has 1 aliphatic rings. The van der Waals surface area contributed by atoms with Crippen LogP contribution in [0.5, 0.6) is 10.9 Å². The summed E-state index contributed by atoms with van der Waals surface area (Å²) in [6.45, 7) is 5.93. The van der Waals surface area contributed by atoms with Gasteiger partial charge >= 0.3 is 0 Å². The van der Waals surface area contributed by atoms with Crippen LogP contribution in [0.4, 0.5) is 5.69 Å². The molecule has 4 rings (SSSR count). The van der Waals surface area contributed by atoms with Crippen LogP contribution in [0.15, 0.2) is 42.2 Å². The van der Waals surface area contributed by atoms with Crippen LogP contribution in [-0.2, 0) is 11.2 Å². The number of aliphatic hydroxyl groups is 1. The number of hydrogen-bond acceptors (Lipinski definition) is 7. The Labute approximate surface area is 183 Å². The normalized spacial score (nSPS) is 16.0. The molecule has 0 fully saturated rings. The standard InChI is InChI=1S/C23H22N2O5S/c1-4-13-5-7-15(10-16(13)21-18(26)11-23(2,3)12-19(21)27)30-22-24-17-8-6-14(25(28)29)9-20(17)31-22/h5-10,26H,4,11-12H2,1-3H3. The maximum atomic E-state index is 12.8. The molecule has 31 heavy (non-hydrogen) atoms. The van der Waals surface area contributed by atoms with Crippen molar-refractivity contribution >= 4 is 38.6 Å². The third-order valence-electron chi connectivity index (χ3n) is 5.35. The first-order valence-electron chi connectivity index (χ1n) is 9.98. The van der Waals surface area contributed by atoms with E-state index in [-0.39, 0.29) is 22.6 Å². The molecular weight excluding hydrogens is 416 g/mol. The summed E-state index contributed by atoms with van der Waals surface area (Å²) in [6, 6.07) is 9.91. The minimum Gasteiger partial charge on any atom is -0.512 e. The van der Waals surface area contributed by atoms with Gasteiger partial charge in [-0.15, -0.1) is 0 Å². The van der Waals surface area contributed by atoms with Gasteiger partial charge in [0.05, 0.1) is 20.7 Å². The molecule has 1 N–H and O–H groups in total. The highest BCUT2D eigenvalue weighted by Crippen LogP contribution is 2.41. The van der Waals surface area contributed by atoms with E-state index in [1.807, 2.05) is 26.8 Å². The summed E-state index contributed by atoms with van der Waals surface area (Å²) in [4.78, 5) is 27.8. The van der Waals surface area contributed by atoms with Crippen molar-refractivity contribution in [3.8, 4) is 10.9 Å². The first-order valence-corrected chi connectivity index (χ1v) is 10.8. The Hall–Kier alpha value is -3.26. The number of aryl methyl sites for hydroxylation is 1. The van der Waals surface area contributed by atoms with Crippen molar-refractivity contribution in [2.75, 3.05) is 0 Å². The molecule has 8 heteroatoms. The number of nitrogens with zero attached hydrogens (tertiary/aromatic N) is 2. The minimum absolute atomic E-state index is 0.00145. The fraction of sp³-hybridized carbons (Fsp3) is 0.304. The van der Waals surface area contributed by atoms with Crippen LogP contribution in [0.25, 0.3) is 15.8 Å². The van der Waals surface area contributed by atoms with E-state index >= 15 is 0 Å². The average Bonchev–Trinajstić information content (AvgIpc) is 3.08. The van der Waals surface area contributed by atoms with Gasteiger partial charge in [0.1, 0.15) is 11.5 Å². The summed E-state index contributed by atoms with van der Waals surface area (Å²) in [6.07, 6.45) is 1.52. The second-order valence-electron chi connectivity index (χ2n) is 8.43. The Bertz CT molecular complexity index is 1240. The quantitative estimate of drug-likeness (QED) is 0.375. The van der Waals surface area contributed by atoms with Crippen LogP contribution in [0.3, 0.4) is 0 Å². The molecule has 0 unspecified atom stereocenters. The lowest BCUT2D eigenvalue weighted by atomic mass is 9.74. The number of fused-ring (bicyclic) bond motifs is 1. The molecule has 0 saturated heterocycles. The molecule has 0 radical (unpaired) electrons. The van der Waals surface area contributed by atoms with Gasteiger partial charge in [0.25, 0.3) is 10.9 Å². The lowest BCUT2D eigenvalue weighted by molar-refractivity contribution is -0.384. The molecule has 1 heterocycles. The number of aromatic nitrogens is 1. The first-order chi connectivity index (χ1) is 14.7. The van der Waals surface area contributed by atoms with Gasteiger partial charge in [-0.3, -0.25) is 14.9 Å². The van der Waals surface area contributed by atoms with E-state index in [0.29, 0.717) is 51.6 Å². The number of carbonyl (C=O) groups excluding carboxylic acids is 1. The number of non-ortho nitro benzene ring substituents is 1. The summed E-state index contributed by atoms with van der Waals surface area (Å²) >= 11 is 1.21. The van der Waals surface area contributed by atoms with Gasteiger partial charge in [-0.1, -0.05) is 38.2 Å². The lowest BCUT2D eigenvalue weighted by Crippen LogP contribution is -2.25. The third-order valence-corrected chi connectivity index (χ3v) is 6.25. The molecule has 7 nitrogen and oxygen atoms in total. The summed E-state index contributed by atoms with van der Waals surface area (Å²) in [7, 11) is 0. The Balaban J connectivity index is 1.71. The molecule has 0 spiro atoms. The smallest absolute Gasteiger partial charge is 0.279 e. The van der Waals surface area contributed by atoms with Crippen molar-refractivity contribution in [1.29, 1.82) is 0 Å². The van der Waals surface area contributed by atoms with Gasteiger partial charge in [0, 0.05) is 25.0 Å². The number of aliphatic hydroxyl groups excluding tert-OH is 1. The second-order valence-corrected chi connectivity index (χ2v) is 9.42. The number of nitro groups is 1. The zero-order chi connectivity index (χ0) is 22.3. The highest BCUT2D eigenvalue weighted by molar-refractivity contribution is 7.20. The zero-order valence-corrected chi connectivity index (χ0v) is 18.3. The lowest BCUT2D eigenvalue weighted by Gasteiger charge is -2.30.